The van der Waals surface area contributed by atoms with E-state index in [1.807, 2.05) is 73.8 Å². The number of benzene rings is 2. The molecule has 1 aliphatic heterocycles. The third kappa shape index (κ3) is 7.17. The van der Waals surface area contributed by atoms with Crippen LogP contribution in [0.1, 0.15) is 69.7 Å². The minimum atomic E-state index is -1.66. The quantitative estimate of drug-likeness (QED) is 0.205. The smallest absolute Gasteiger partial charge is 0.264 e. The van der Waals surface area contributed by atoms with Crippen LogP contribution < -0.4 is 4.90 Å². The van der Waals surface area contributed by atoms with Gasteiger partial charge in [0.05, 0.1) is 23.9 Å². The number of rotatable bonds is 13. The Morgan fingerprint density at radius 3 is 2.57 bits per heavy atom. The van der Waals surface area contributed by atoms with E-state index < -0.39 is 11.5 Å². The zero-order chi connectivity index (χ0) is 30.3. The Morgan fingerprint density at radius 1 is 1.10 bits per heavy atom. The van der Waals surface area contributed by atoms with Crippen molar-refractivity contribution in [1.29, 1.82) is 0 Å². The summed E-state index contributed by atoms with van der Waals surface area (Å²) in [5, 5.41) is 30.4. The predicted molar refractivity (Wildman–Crippen MR) is 171 cm³/mol. The van der Waals surface area contributed by atoms with Crippen LogP contribution in [0, 0.1) is 5.92 Å². The molecule has 2 aromatic carbocycles. The molecule has 1 unspecified atom stereocenters. The first-order valence-corrected chi connectivity index (χ1v) is 15.3. The second-order valence-electron chi connectivity index (χ2n) is 11.3. The molecule has 4 rings (SSSR count). The number of hydrogen-bond acceptors (Lipinski definition) is 5. The van der Waals surface area contributed by atoms with Crippen LogP contribution in [-0.2, 0) is 16.9 Å². The van der Waals surface area contributed by atoms with E-state index in [9.17, 15) is 15.0 Å². The van der Waals surface area contributed by atoms with Crippen molar-refractivity contribution in [2.24, 2.45) is 5.92 Å². The summed E-state index contributed by atoms with van der Waals surface area (Å²) in [7, 11) is 0. The van der Waals surface area contributed by atoms with E-state index in [4.69, 9.17) is 0 Å². The van der Waals surface area contributed by atoms with Crippen molar-refractivity contribution in [2.75, 3.05) is 18.1 Å². The second-order valence-corrected chi connectivity index (χ2v) is 12.2. The van der Waals surface area contributed by atoms with E-state index >= 15 is 0 Å². The largest absolute Gasteiger partial charge is 0.395 e. The first-order chi connectivity index (χ1) is 20.1. The van der Waals surface area contributed by atoms with E-state index in [0.717, 1.165) is 34.3 Å². The van der Waals surface area contributed by atoms with Crippen LogP contribution in [0.15, 0.2) is 94.7 Å². The summed E-state index contributed by atoms with van der Waals surface area (Å²) < 4.78 is 2.57. The highest BCUT2D eigenvalue weighted by atomic mass is 79.9. The van der Waals surface area contributed by atoms with Crippen molar-refractivity contribution >= 4 is 27.5 Å². The number of halogens is 1. The van der Waals surface area contributed by atoms with E-state index in [0.29, 0.717) is 25.1 Å². The molecular formula is C34H41BrN4O3. The van der Waals surface area contributed by atoms with E-state index in [1.165, 1.54) is 11.1 Å². The molecule has 0 fully saturated rings. The summed E-state index contributed by atoms with van der Waals surface area (Å²) in [6, 6.07) is 15.4. The van der Waals surface area contributed by atoms with Gasteiger partial charge in [0, 0.05) is 35.2 Å². The fourth-order valence-corrected chi connectivity index (χ4v) is 5.68. The Morgan fingerprint density at radius 2 is 1.86 bits per heavy atom. The Labute approximate surface area is 257 Å². The first-order valence-electron chi connectivity index (χ1n) is 14.5. The van der Waals surface area contributed by atoms with Crippen LogP contribution in [0.25, 0.3) is 0 Å². The lowest BCUT2D eigenvalue weighted by molar-refractivity contribution is -0.139. The van der Waals surface area contributed by atoms with E-state index in [-0.39, 0.29) is 18.4 Å². The number of carbonyl (C=O) groups excluding carboxylic acids is 1. The van der Waals surface area contributed by atoms with Gasteiger partial charge in [0.2, 0.25) is 0 Å². The number of carbonyl (C=O) groups is 1. The SMILES string of the molecule is CC(C)=CCC/C(C)=C/CN1C(=O)[C@@](O)([C@@H](C)/C=C/CCn2cc(C(CO)c3ccccc3)nn2)c2cc(Br)ccc21. The molecule has 0 bridgehead atoms. The molecule has 222 valence electrons. The molecule has 0 radical (unpaired) electrons. The molecule has 7 nitrogen and oxygen atoms in total. The maximum absolute atomic E-state index is 13.8. The summed E-state index contributed by atoms with van der Waals surface area (Å²) >= 11 is 3.52. The van der Waals surface area contributed by atoms with Gasteiger partial charge in [-0.05, 0) is 63.8 Å². The van der Waals surface area contributed by atoms with Crippen LogP contribution in [0.4, 0.5) is 5.69 Å². The number of hydrogen-bond donors (Lipinski definition) is 2. The number of aliphatic hydroxyl groups excluding tert-OH is 1. The summed E-state index contributed by atoms with van der Waals surface area (Å²) in [6.07, 6.45) is 12.6. The highest BCUT2D eigenvalue weighted by Gasteiger charge is 2.52. The third-order valence-electron chi connectivity index (χ3n) is 7.85. The van der Waals surface area contributed by atoms with Gasteiger partial charge in [-0.15, -0.1) is 5.10 Å². The van der Waals surface area contributed by atoms with Gasteiger partial charge in [0.25, 0.3) is 5.91 Å². The zero-order valence-corrected chi connectivity index (χ0v) is 26.5. The van der Waals surface area contributed by atoms with Gasteiger partial charge < -0.3 is 15.1 Å². The zero-order valence-electron chi connectivity index (χ0n) is 24.9. The molecule has 1 amide bonds. The Hall–Kier alpha value is -3.33. The molecule has 0 saturated carbocycles. The van der Waals surface area contributed by atoms with Gasteiger partial charge in [-0.2, -0.15) is 0 Å². The van der Waals surface area contributed by atoms with Gasteiger partial charge in [-0.25, -0.2) is 0 Å². The number of fused-ring (bicyclic) bond motifs is 1. The van der Waals surface area contributed by atoms with Crippen LogP contribution in [0.5, 0.6) is 0 Å². The standard InChI is InChI=1S/C34H41BrN4O3/c1-24(2)11-10-12-25(3)18-20-39-32-17-16-28(35)21-30(32)34(42,33(39)41)26(4)13-8-9-19-38-22-31(36-37-38)29(23-40)27-14-6-5-7-15-27/h5-8,11,13-18,21-22,26,29,40,42H,9-10,12,19-20,23H2,1-4H3/b13-8+,25-18+/t26-,29?,34+/m0/s1. The lowest BCUT2D eigenvalue weighted by Crippen LogP contribution is -2.44. The van der Waals surface area contributed by atoms with Crippen LogP contribution >= 0.6 is 15.9 Å². The molecule has 0 saturated heterocycles. The van der Waals surface area contributed by atoms with Gasteiger partial charge in [0.15, 0.2) is 5.60 Å². The molecule has 1 aliphatic rings. The van der Waals surface area contributed by atoms with Crippen molar-refractivity contribution in [3.05, 3.63) is 111 Å². The van der Waals surface area contributed by atoms with E-state index in [2.05, 4.69) is 59.2 Å². The lowest BCUT2D eigenvalue weighted by Gasteiger charge is -2.27. The Balaban J connectivity index is 1.43. The summed E-state index contributed by atoms with van der Waals surface area (Å²) in [5.74, 6) is -0.983. The number of nitrogens with zero attached hydrogens (tertiary/aromatic N) is 4. The minimum Gasteiger partial charge on any atom is -0.395 e. The number of aromatic nitrogens is 3. The minimum absolute atomic E-state index is 0.0490. The molecule has 2 N–H and O–H groups in total. The first kappa shape index (κ1) is 31.6. The molecule has 8 heteroatoms. The highest BCUT2D eigenvalue weighted by molar-refractivity contribution is 9.10. The maximum Gasteiger partial charge on any atom is 0.264 e. The molecule has 1 aromatic heterocycles. The van der Waals surface area contributed by atoms with Crippen molar-refractivity contribution in [3.63, 3.8) is 0 Å². The number of amides is 1. The van der Waals surface area contributed by atoms with Crippen LogP contribution in [-0.4, -0.2) is 44.3 Å². The van der Waals surface area contributed by atoms with Crippen molar-refractivity contribution in [2.45, 2.75) is 65.0 Å². The van der Waals surface area contributed by atoms with Crippen LogP contribution in [0.2, 0.25) is 0 Å². The molecule has 3 aromatic rings. The molecule has 42 heavy (non-hydrogen) atoms. The molecule has 0 aliphatic carbocycles. The fourth-order valence-electron chi connectivity index (χ4n) is 5.32. The number of anilines is 1. The topological polar surface area (TPSA) is 91.5 Å². The summed E-state index contributed by atoms with van der Waals surface area (Å²) in [6.45, 7) is 9.11. The number of aliphatic hydroxyl groups is 2. The molecule has 3 atom stereocenters. The Bertz CT molecular complexity index is 1460. The summed E-state index contributed by atoms with van der Waals surface area (Å²) in [5.41, 5.74) is 3.92. The van der Waals surface area contributed by atoms with Crippen molar-refractivity contribution < 1.29 is 15.0 Å². The Kier molecular flexibility index (Phi) is 10.7. The molecule has 2 heterocycles. The fraction of sp³-hybridized carbons (Fsp3) is 0.382. The number of aryl methyl sites for hydroxylation is 1. The van der Waals surface area contributed by atoms with Crippen molar-refractivity contribution in [3.8, 4) is 0 Å². The van der Waals surface area contributed by atoms with Gasteiger partial charge >= 0.3 is 0 Å². The normalized spacial score (nSPS) is 18.4. The highest BCUT2D eigenvalue weighted by Crippen LogP contribution is 2.46. The van der Waals surface area contributed by atoms with Gasteiger partial charge in [-0.3, -0.25) is 9.48 Å². The average molecular weight is 634 g/mol. The maximum atomic E-state index is 13.8. The van der Waals surface area contributed by atoms with E-state index in [1.54, 1.807) is 9.58 Å². The third-order valence-corrected chi connectivity index (χ3v) is 8.34. The lowest BCUT2D eigenvalue weighted by atomic mass is 9.83. The van der Waals surface area contributed by atoms with Gasteiger partial charge in [-0.1, -0.05) is 93.8 Å². The van der Waals surface area contributed by atoms with Crippen LogP contribution in [0.3, 0.4) is 0 Å². The monoisotopic (exact) mass is 632 g/mol. The molecule has 0 spiro atoms. The average Bonchev–Trinajstić information content (AvgIpc) is 3.52. The predicted octanol–water partition coefficient (Wildman–Crippen LogP) is 6.67. The second kappa shape index (κ2) is 14.2. The number of allylic oxidation sites excluding steroid dienone is 4. The van der Waals surface area contributed by atoms with Crippen molar-refractivity contribution in [1.82, 2.24) is 15.0 Å². The van der Waals surface area contributed by atoms with Gasteiger partial charge in [0.1, 0.15) is 0 Å². The summed E-state index contributed by atoms with van der Waals surface area (Å²) in [4.78, 5) is 15.5. The molecular weight excluding hydrogens is 592 g/mol.